The summed E-state index contributed by atoms with van der Waals surface area (Å²) in [6, 6.07) is 0.858. The maximum atomic E-state index is 10.5. The number of benzene rings is 1. The number of hydrogen-bond acceptors (Lipinski definition) is 5. The number of aromatic carboxylic acids is 1. The molecule has 0 aliphatic heterocycles. The minimum atomic E-state index is -1.57. The van der Waals surface area contributed by atoms with Crippen molar-refractivity contribution in [2.75, 3.05) is 5.73 Å². The van der Waals surface area contributed by atoms with Gasteiger partial charge >= 0.3 is 5.97 Å². The van der Waals surface area contributed by atoms with Gasteiger partial charge in [0.1, 0.15) is 5.56 Å². The van der Waals surface area contributed by atoms with Crippen molar-refractivity contribution in [2.24, 2.45) is 0 Å². The average molecular weight is 185 g/mol. The fraction of sp³-hybridized carbons (Fsp3) is 0. The van der Waals surface area contributed by atoms with Crippen LogP contribution in [0.2, 0.25) is 0 Å². The molecule has 0 radical (unpaired) electrons. The van der Waals surface area contributed by atoms with E-state index in [1.54, 1.807) is 0 Å². The molecule has 1 aromatic rings. The molecule has 13 heavy (non-hydrogen) atoms. The van der Waals surface area contributed by atoms with Gasteiger partial charge in [0, 0.05) is 6.07 Å². The highest BCUT2D eigenvalue weighted by Crippen LogP contribution is 2.39. The molecule has 6 heteroatoms. The first-order valence-corrected chi connectivity index (χ1v) is 3.21. The third-order valence-corrected chi connectivity index (χ3v) is 1.50. The maximum absolute atomic E-state index is 10.5. The third kappa shape index (κ3) is 1.28. The number of carbonyl (C=O) groups is 1. The molecule has 0 aliphatic rings. The van der Waals surface area contributed by atoms with E-state index in [1.807, 2.05) is 0 Å². The first-order valence-electron chi connectivity index (χ1n) is 3.21. The second-order valence-electron chi connectivity index (χ2n) is 2.36. The molecule has 0 aromatic heterocycles. The number of nitrogens with two attached hydrogens (primary N) is 1. The fourth-order valence-electron chi connectivity index (χ4n) is 0.871. The van der Waals surface area contributed by atoms with Gasteiger partial charge in [-0.15, -0.1) is 0 Å². The molecule has 0 saturated carbocycles. The van der Waals surface area contributed by atoms with Crippen molar-refractivity contribution >= 4 is 11.7 Å². The van der Waals surface area contributed by atoms with Crippen molar-refractivity contribution in [1.82, 2.24) is 0 Å². The van der Waals surface area contributed by atoms with Crippen molar-refractivity contribution in [3.05, 3.63) is 11.6 Å². The molecule has 0 atom stereocenters. The van der Waals surface area contributed by atoms with E-state index >= 15 is 0 Å². The molecule has 0 spiro atoms. The van der Waals surface area contributed by atoms with E-state index in [1.165, 1.54) is 0 Å². The van der Waals surface area contributed by atoms with Crippen LogP contribution >= 0.6 is 0 Å². The predicted molar refractivity (Wildman–Crippen MR) is 42.8 cm³/mol. The molecular formula is C7H7NO5. The van der Waals surface area contributed by atoms with E-state index in [9.17, 15) is 4.79 Å². The Morgan fingerprint density at radius 1 is 1.23 bits per heavy atom. The summed E-state index contributed by atoms with van der Waals surface area (Å²) in [7, 11) is 0. The van der Waals surface area contributed by atoms with Gasteiger partial charge in [-0.1, -0.05) is 0 Å². The lowest BCUT2D eigenvalue weighted by Gasteiger charge is -2.06. The quantitative estimate of drug-likeness (QED) is 0.240. The van der Waals surface area contributed by atoms with Crippen molar-refractivity contribution < 1.29 is 25.2 Å². The number of nitrogen functional groups attached to an aromatic ring is 1. The van der Waals surface area contributed by atoms with E-state index < -0.39 is 28.8 Å². The molecule has 0 bridgehead atoms. The van der Waals surface area contributed by atoms with Gasteiger partial charge in [-0.05, 0) is 0 Å². The van der Waals surface area contributed by atoms with Gasteiger partial charge in [-0.25, -0.2) is 4.79 Å². The summed E-state index contributed by atoms with van der Waals surface area (Å²) in [5.41, 5.74) is 4.02. The molecule has 1 aromatic carbocycles. The Balaban J connectivity index is 3.56. The molecule has 1 rings (SSSR count). The molecule has 0 unspecified atom stereocenters. The Bertz CT molecular complexity index is 347. The number of rotatable bonds is 1. The number of carboxylic acid groups (broad SMARTS) is 1. The number of phenolic OH excluding ortho intramolecular Hbond substituents is 1. The molecule has 0 amide bonds. The minimum absolute atomic E-state index is 0.312. The van der Waals surface area contributed by atoms with Gasteiger partial charge in [0.15, 0.2) is 17.2 Å². The normalized spacial score (nSPS) is 9.85. The first kappa shape index (κ1) is 8.98. The summed E-state index contributed by atoms with van der Waals surface area (Å²) >= 11 is 0. The molecule has 0 saturated heterocycles. The topological polar surface area (TPSA) is 124 Å². The Hall–Kier alpha value is -2.11. The van der Waals surface area contributed by atoms with Crippen LogP contribution in [0.5, 0.6) is 17.2 Å². The largest absolute Gasteiger partial charge is 0.505 e. The Kier molecular flexibility index (Phi) is 1.89. The van der Waals surface area contributed by atoms with Gasteiger partial charge in [0.05, 0.1) is 5.69 Å². The van der Waals surface area contributed by atoms with Crippen LogP contribution in [0.1, 0.15) is 10.4 Å². The zero-order valence-corrected chi connectivity index (χ0v) is 6.35. The van der Waals surface area contributed by atoms with Crippen LogP contribution in [0, 0.1) is 0 Å². The summed E-state index contributed by atoms with van der Waals surface area (Å²) in [6.45, 7) is 0. The van der Waals surface area contributed by atoms with Crippen LogP contribution in [0.25, 0.3) is 0 Å². The SMILES string of the molecule is Nc1cc(O)c(O)c(C(=O)O)c1O. The lowest BCUT2D eigenvalue weighted by molar-refractivity contribution is 0.0689. The lowest BCUT2D eigenvalue weighted by atomic mass is 10.1. The lowest BCUT2D eigenvalue weighted by Crippen LogP contribution is -2.00. The molecule has 0 aliphatic carbocycles. The first-order chi connectivity index (χ1) is 5.95. The molecule has 6 N–H and O–H groups in total. The van der Waals surface area contributed by atoms with Gasteiger partial charge in [0.25, 0.3) is 0 Å². The monoisotopic (exact) mass is 185 g/mol. The summed E-state index contributed by atoms with van der Waals surface area (Å²) in [5.74, 6) is -3.92. The second kappa shape index (κ2) is 2.74. The second-order valence-corrected chi connectivity index (χ2v) is 2.36. The standard InChI is InChI=1S/C7H7NO5/c8-2-1-3(9)6(11)4(5(2)10)7(12)13/h1,9-11H,8H2,(H,12,13). The van der Waals surface area contributed by atoms with Crippen LogP contribution in [-0.4, -0.2) is 26.4 Å². The highest BCUT2D eigenvalue weighted by atomic mass is 16.4. The average Bonchev–Trinajstić information content (AvgIpc) is 2.01. The van der Waals surface area contributed by atoms with Crippen LogP contribution in [-0.2, 0) is 0 Å². The predicted octanol–water partition coefficient (Wildman–Crippen LogP) is 0.0838. The number of aromatic hydroxyl groups is 3. The van der Waals surface area contributed by atoms with Crippen molar-refractivity contribution in [3.63, 3.8) is 0 Å². The number of hydrogen-bond donors (Lipinski definition) is 5. The van der Waals surface area contributed by atoms with Gasteiger partial charge in [0.2, 0.25) is 0 Å². The summed E-state index contributed by atoms with van der Waals surface area (Å²) in [6.07, 6.45) is 0. The highest BCUT2D eigenvalue weighted by molar-refractivity contribution is 5.97. The van der Waals surface area contributed by atoms with E-state index in [0.717, 1.165) is 6.07 Å². The van der Waals surface area contributed by atoms with Crippen LogP contribution in [0.3, 0.4) is 0 Å². The third-order valence-electron chi connectivity index (χ3n) is 1.50. The Morgan fingerprint density at radius 2 is 1.77 bits per heavy atom. The van der Waals surface area contributed by atoms with Gasteiger partial charge in [-0.3, -0.25) is 0 Å². The van der Waals surface area contributed by atoms with Crippen LogP contribution in [0.4, 0.5) is 5.69 Å². The Morgan fingerprint density at radius 3 is 2.23 bits per heavy atom. The van der Waals surface area contributed by atoms with E-state index in [2.05, 4.69) is 0 Å². The van der Waals surface area contributed by atoms with Gasteiger partial charge < -0.3 is 26.2 Å². The van der Waals surface area contributed by atoms with E-state index in [-0.39, 0.29) is 5.69 Å². The van der Waals surface area contributed by atoms with E-state index in [4.69, 9.17) is 26.2 Å². The molecule has 70 valence electrons. The number of carboxylic acids is 1. The highest BCUT2D eigenvalue weighted by Gasteiger charge is 2.21. The fourth-order valence-corrected chi connectivity index (χ4v) is 0.871. The number of anilines is 1. The summed E-state index contributed by atoms with van der Waals surface area (Å²) in [4.78, 5) is 10.5. The van der Waals surface area contributed by atoms with Crippen molar-refractivity contribution in [3.8, 4) is 17.2 Å². The van der Waals surface area contributed by atoms with E-state index in [0.29, 0.717) is 0 Å². The molecule has 0 heterocycles. The van der Waals surface area contributed by atoms with Crippen LogP contribution < -0.4 is 5.73 Å². The van der Waals surface area contributed by atoms with Gasteiger partial charge in [-0.2, -0.15) is 0 Å². The number of phenols is 3. The molecular weight excluding hydrogens is 178 g/mol. The van der Waals surface area contributed by atoms with Crippen molar-refractivity contribution in [1.29, 1.82) is 0 Å². The maximum Gasteiger partial charge on any atom is 0.343 e. The summed E-state index contributed by atoms with van der Waals surface area (Å²) < 4.78 is 0. The zero-order valence-electron chi connectivity index (χ0n) is 6.35. The smallest absolute Gasteiger partial charge is 0.343 e. The Labute approximate surface area is 72.5 Å². The summed E-state index contributed by atoms with van der Waals surface area (Å²) in [5, 5.41) is 35.6. The zero-order chi connectivity index (χ0) is 10.2. The van der Waals surface area contributed by atoms with Crippen molar-refractivity contribution in [2.45, 2.75) is 0 Å². The van der Waals surface area contributed by atoms with Crippen LogP contribution in [0.15, 0.2) is 6.07 Å². The molecule has 0 fully saturated rings. The minimum Gasteiger partial charge on any atom is -0.505 e. The molecule has 6 nitrogen and oxygen atoms in total.